The second-order valence-corrected chi connectivity index (χ2v) is 4.54. The van der Waals surface area contributed by atoms with Crippen molar-refractivity contribution in [2.75, 3.05) is 0 Å². The number of fused-ring (bicyclic) bond motifs is 1. The highest BCUT2D eigenvalue weighted by Gasteiger charge is 2.14. The van der Waals surface area contributed by atoms with E-state index in [0.717, 1.165) is 28.5 Å². The summed E-state index contributed by atoms with van der Waals surface area (Å²) < 4.78 is 1.12. The average Bonchev–Trinajstić information content (AvgIpc) is 2.17. The lowest BCUT2D eigenvalue weighted by Crippen LogP contribution is -2.04. The third-order valence-corrected chi connectivity index (χ3v) is 3.33. The molecule has 0 unspecified atom stereocenters. The Morgan fingerprint density at radius 2 is 2.20 bits per heavy atom. The summed E-state index contributed by atoms with van der Waals surface area (Å²) in [5.74, 6) is -0.750. The summed E-state index contributed by atoms with van der Waals surface area (Å²) in [6, 6.07) is 6.03. The first-order valence-corrected chi connectivity index (χ1v) is 5.65. The first-order valence-electron chi connectivity index (χ1n) is 4.85. The molecule has 15 heavy (non-hydrogen) atoms. The van der Waals surface area contributed by atoms with Crippen molar-refractivity contribution in [1.29, 1.82) is 0 Å². The first-order chi connectivity index (χ1) is 7.16. The van der Waals surface area contributed by atoms with E-state index in [0.29, 0.717) is 0 Å². The molecule has 0 saturated carbocycles. The van der Waals surface area contributed by atoms with Crippen molar-refractivity contribution >= 4 is 28.0 Å². The number of aliphatic carboxylic acids is 1. The van der Waals surface area contributed by atoms with E-state index in [-0.39, 0.29) is 6.42 Å². The highest BCUT2D eigenvalue weighted by atomic mass is 79.9. The fraction of sp³-hybridized carbons (Fsp3) is 0.250. The summed E-state index contributed by atoms with van der Waals surface area (Å²) >= 11 is 3.51. The Hall–Kier alpha value is -1.09. The third kappa shape index (κ3) is 2.29. The lowest BCUT2D eigenvalue weighted by molar-refractivity contribution is -0.136. The van der Waals surface area contributed by atoms with Crippen molar-refractivity contribution in [1.82, 2.24) is 0 Å². The Labute approximate surface area is 96.7 Å². The minimum Gasteiger partial charge on any atom is -0.481 e. The van der Waals surface area contributed by atoms with Gasteiger partial charge in [0.05, 0.1) is 6.42 Å². The zero-order valence-corrected chi connectivity index (χ0v) is 9.75. The molecule has 0 aromatic heterocycles. The van der Waals surface area contributed by atoms with Gasteiger partial charge in [-0.15, -0.1) is 0 Å². The van der Waals surface area contributed by atoms with Crippen LogP contribution in [0.5, 0.6) is 0 Å². The van der Waals surface area contributed by atoms with Crippen LogP contribution in [0.2, 0.25) is 0 Å². The topological polar surface area (TPSA) is 37.3 Å². The molecule has 0 bridgehead atoms. The van der Waals surface area contributed by atoms with Crippen molar-refractivity contribution < 1.29 is 9.90 Å². The Morgan fingerprint density at radius 3 is 2.93 bits per heavy atom. The van der Waals surface area contributed by atoms with E-state index >= 15 is 0 Å². The Bertz CT molecular complexity index is 435. The Kier molecular flexibility index (Phi) is 2.91. The number of rotatable bonds is 2. The molecule has 0 saturated heterocycles. The predicted octanol–water partition coefficient (Wildman–Crippen LogP) is 3.25. The van der Waals surface area contributed by atoms with Crippen LogP contribution >= 0.6 is 15.9 Å². The van der Waals surface area contributed by atoms with Crippen LogP contribution < -0.4 is 0 Å². The molecule has 1 aliphatic carbocycles. The summed E-state index contributed by atoms with van der Waals surface area (Å²) in [4.78, 5) is 10.6. The van der Waals surface area contributed by atoms with Crippen molar-refractivity contribution in [2.45, 2.75) is 19.3 Å². The molecule has 0 heterocycles. The molecule has 1 aromatic rings. The highest BCUT2D eigenvalue weighted by molar-refractivity contribution is 9.10. The molecule has 2 nitrogen and oxygen atoms in total. The van der Waals surface area contributed by atoms with Crippen LogP contribution in [-0.4, -0.2) is 11.1 Å². The average molecular weight is 267 g/mol. The van der Waals surface area contributed by atoms with E-state index in [2.05, 4.69) is 15.9 Å². The molecular weight excluding hydrogens is 256 g/mol. The molecule has 0 spiro atoms. The van der Waals surface area contributed by atoms with Crippen LogP contribution in [0, 0.1) is 0 Å². The Balaban J connectivity index is 2.33. The van der Waals surface area contributed by atoms with Gasteiger partial charge in [-0.25, -0.2) is 0 Å². The number of carboxylic acid groups (broad SMARTS) is 1. The smallest absolute Gasteiger partial charge is 0.307 e. The fourth-order valence-corrected chi connectivity index (χ4v) is 2.47. The predicted molar refractivity (Wildman–Crippen MR) is 62.7 cm³/mol. The van der Waals surface area contributed by atoms with E-state index in [1.54, 1.807) is 0 Å². The minimum absolute atomic E-state index is 0.159. The van der Waals surface area contributed by atoms with Crippen LogP contribution in [0.4, 0.5) is 0 Å². The van der Waals surface area contributed by atoms with Gasteiger partial charge >= 0.3 is 5.97 Å². The molecule has 2 rings (SSSR count). The maximum absolute atomic E-state index is 10.6. The summed E-state index contributed by atoms with van der Waals surface area (Å²) in [5.41, 5.74) is 3.44. The lowest BCUT2D eigenvalue weighted by Gasteiger charge is -2.16. The number of halogens is 1. The van der Waals surface area contributed by atoms with E-state index < -0.39 is 5.97 Å². The Morgan fingerprint density at radius 1 is 1.40 bits per heavy atom. The molecule has 0 aliphatic heterocycles. The van der Waals surface area contributed by atoms with Gasteiger partial charge in [0.25, 0.3) is 0 Å². The molecule has 0 fully saturated rings. The summed E-state index contributed by atoms with van der Waals surface area (Å²) in [6.45, 7) is 0. The van der Waals surface area contributed by atoms with Crippen LogP contribution in [0.1, 0.15) is 24.0 Å². The van der Waals surface area contributed by atoms with Crippen LogP contribution in [-0.2, 0) is 11.2 Å². The van der Waals surface area contributed by atoms with Gasteiger partial charge in [-0.2, -0.15) is 0 Å². The van der Waals surface area contributed by atoms with E-state index in [1.807, 2.05) is 24.3 Å². The molecular formula is C12H11BrO2. The molecule has 1 aliphatic rings. The number of carboxylic acids is 1. The lowest BCUT2D eigenvalue weighted by atomic mass is 9.91. The van der Waals surface area contributed by atoms with Crippen LogP contribution in [0.15, 0.2) is 28.2 Å². The largest absolute Gasteiger partial charge is 0.481 e. The van der Waals surface area contributed by atoms with Crippen LogP contribution in [0.3, 0.4) is 0 Å². The molecule has 3 heteroatoms. The number of hydrogen-bond acceptors (Lipinski definition) is 1. The van der Waals surface area contributed by atoms with E-state index in [4.69, 9.17) is 5.11 Å². The number of hydrogen-bond donors (Lipinski definition) is 1. The van der Waals surface area contributed by atoms with Gasteiger partial charge in [-0.05, 0) is 30.0 Å². The normalized spacial score (nSPS) is 14.3. The maximum Gasteiger partial charge on any atom is 0.307 e. The quantitative estimate of drug-likeness (QED) is 0.893. The second-order valence-electron chi connectivity index (χ2n) is 3.68. The van der Waals surface area contributed by atoms with Gasteiger partial charge in [0, 0.05) is 4.47 Å². The zero-order valence-electron chi connectivity index (χ0n) is 8.16. The van der Waals surface area contributed by atoms with E-state index in [1.165, 1.54) is 5.56 Å². The van der Waals surface area contributed by atoms with Crippen LogP contribution in [0.25, 0.3) is 6.08 Å². The second kappa shape index (κ2) is 4.19. The molecule has 0 amide bonds. The fourth-order valence-electron chi connectivity index (χ4n) is 1.89. The molecule has 1 aromatic carbocycles. The number of carbonyl (C=O) groups is 1. The first kappa shape index (κ1) is 10.4. The monoisotopic (exact) mass is 266 g/mol. The van der Waals surface area contributed by atoms with Gasteiger partial charge < -0.3 is 5.11 Å². The molecule has 78 valence electrons. The third-order valence-electron chi connectivity index (χ3n) is 2.59. The van der Waals surface area contributed by atoms with E-state index in [9.17, 15) is 4.79 Å². The SMILES string of the molecule is O=C(O)CC1=Cc2cccc(Br)c2CC1. The van der Waals surface area contributed by atoms with Gasteiger partial charge in [0.15, 0.2) is 0 Å². The summed E-state index contributed by atoms with van der Waals surface area (Å²) in [7, 11) is 0. The van der Waals surface area contributed by atoms with Crippen molar-refractivity contribution in [3.8, 4) is 0 Å². The molecule has 1 N–H and O–H groups in total. The highest BCUT2D eigenvalue weighted by Crippen LogP contribution is 2.30. The van der Waals surface area contributed by atoms with Crippen molar-refractivity contribution in [3.63, 3.8) is 0 Å². The summed E-state index contributed by atoms with van der Waals surface area (Å²) in [5, 5.41) is 8.72. The van der Waals surface area contributed by atoms with Gasteiger partial charge in [-0.3, -0.25) is 4.79 Å². The summed E-state index contributed by atoms with van der Waals surface area (Å²) in [6.07, 6.45) is 3.93. The number of benzene rings is 1. The molecule has 0 radical (unpaired) electrons. The standard InChI is InChI=1S/C12H11BrO2/c13-11-3-1-2-9-6-8(7-12(14)15)4-5-10(9)11/h1-3,6H,4-5,7H2,(H,14,15). The van der Waals surface area contributed by atoms with Gasteiger partial charge in [0.1, 0.15) is 0 Å². The minimum atomic E-state index is -0.750. The van der Waals surface area contributed by atoms with Crippen molar-refractivity contribution in [2.24, 2.45) is 0 Å². The van der Waals surface area contributed by atoms with Crippen molar-refractivity contribution in [3.05, 3.63) is 39.4 Å². The maximum atomic E-state index is 10.6. The molecule has 0 atom stereocenters. The van der Waals surface area contributed by atoms with Gasteiger partial charge in [-0.1, -0.05) is 39.7 Å². The zero-order chi connectivity index (χ0) is 10.8. The van der Waals surface area contributed by atoms with Gasteiger partial charge in [0.2, 0.25) is 0 Å².